The van der Waals surface area contributed by atoms with Crippen molar-refractivity contribution >= 4 is 11.8 Å². The SMILES string of the molecule is CCSc1cccc(OCCN(C)C)c1C#N. The molecule has 0 aliphatic rings. The Morgan fingerprint density at radius 1 is 1.41 bits per heavy atom. The Morgan fingerprint density at radius 3 is 2.76 bits per heavy atom. The number of rotatable bonds is 6. The van der Waals surface area contributed by atoms with Gasteiger partial charge in [-0.15, -0.1) is 11.8 Å². The summed E-state index contributed by atoms with van der Waals surface area (Å²) in [5, 5.41) is 9.18. The van der Waals surface area contributed by atoms with Gasteiger partial charge in [0.2, 0.25) is 0 Å². The molecule has 1 aromatic carbocycles. The zero-order chi connectivity index (χ0) is 12.7. The van der Waals surface area contributed by atoms with Crippen LogP contribution in [-0.2, 0) is 0 Å². The third-order valence-corrected chi connectivity index (χ3v) is 3.14. The van der Waals surface area contributed by atoms with Crippen LogP contribution in [0.1, 0.15) is 12.5 Å². The van der Waals surface area contributed by atoms with Crippen LogP contribution in [0.3, 0.4) is 0 Å². The fourth-order valence-electron chi connectivity index (χ4n) is 1.36. The van der Waals surface area contributed by atoms with E-state index in [1.165, 1.54) is 0 Å². The third kappa shape index (κ3) is 4.29. The smallest absolute Gasteiger partial charge is 0.138 e. The highest BCUT2D eigenvalue weighted by Crippen LogP contribution is 2.29. The Kier molecular flexibility index (Phi) is 5.88. The minimum atomic E-state index is 0.599. The highest BCUT2D eigenvalue weighted by molar-refractivity contribution is 7.99. The highest BCUT2D eigenvalue weighted by Gasteiger charge is 2.08. The molecule has 4 heteroatoms. The first-order chi connectivity index (χ1) is 8.19. The first-order valence-corrected chi connectivity index (χ1v) is 6.61. The van der Waals surface area contributed by atoms with Crippen LogP contribution < -0.4 is 4.74 Å². The minimum Gasteiger partial charge on any atom is -0.491 e. The van der Waals surface area contributed by atoms with Gasteiger partial charge in [0, 0.05) is 11.4 Å². The van der Waals surface area contributed by atoms with Gasteiger partial charge in [0.05, 0.1) is 0 Å². The van der Waals surface area contributed by atoms with Crippen molar-refractivity contribution in [3.8, 4) is 11.8 Å². The highest BCUT2D eigenvalue weighted by atomic mass is 32.2. The molecule has 0 bridgehead atoms. The van der Waals surface area contributed by atoms with Gasteiger partial charge < -0.3 is 9.64 Å². The van der Waals surface area contributed by atoms with Crippen LogP contribution in [0.15, 0.2) is 23.1 Å². The summed E-state index contributed by atoms with van der Waals surface area (Å²) < 4.78 is 5.65. The minimum absolute atomic E-state index is 0.599. The van der Waals surface area contributed by atoms with Gasteiger partial charge in [-0.25, -0.2) is 0 Å². The molecule has 1 aromatic rings. The molecule has 0 fully saturated rings. The van der Waals surface area contributed by atoms with Crippen LogP contribution in [-0.4, -0.2) is 37.9 Å². The van der Waals surface area contributed by atoms with E-state index in [2.05, 4.69) is 17.9 Å². The monoisotopic (exact) mass is 250 g/mol. The van der Waals surface area contributed by atoms with Crippen LogP contribution in [0.5, 0.6) is 5.75 Å². The van der Waals surface area contributed by atoms with Gasteiger partial charge in [-0.2, -0.15) is 5.26 Å². The van der Waals surface area contributed by atoms with Crippen molar-refractivity contribution in [1.82, 2.24) is 4.90 Å². The van der Waals surface area contributed by atoms with E-state index in [-0.39, 0.29) is 0 Å². The number of hydrogen-bond donors (Lipinski definition) is 0. The molecule has 0 aliphatic heterocycles. The van der Waals surface area contributed by atoms with Gasteiger partial charge in [0.25, 0.3) is 0 Å². The molecule has 17 heavy (non-hydrogen) atoms. The van der Waals surface area contributed by atoms with Gasteiger partial charge in [-0.1, -0.05) is 13.0 Å². The fraction of sp³-hybridized carbons (Fsp3) is 0.462. The quantitative estimate of drug-likeness (QED) is 0.727. The molecule has 0 amide bonds. The van der Waals surface area contributed by atoms with E-state index in [9.17, 15) is 5.26 Å². The third-order valence-electron chi connectivity index (χ3n) is 2.20. The number of likely N-dealkylation sites (N-methyl/N-ethyl adjacent to an activating group) is 1. The second kappa shape index (κ2) is 7.21. The standard InChI is InChI=1S/C13H18N2OS/c1-4-17-13-7-5-6-12(11(13)10-14)16-9-8-15(2)3/h5-7H,4,8-9H2,1-3H3. The van der Waals surface area contributed by atoms with Crippen molar-refractivity contribution in [2.45, 2.75) is 11.8 Å². The largest absolute Gasteiger partial charge is 0.491 e. The summed E-state index contributed by atoms with van der Waals surface area (Å²) in [6.45, 7) is 3.52. The predicted octanol–water partition coefficient (Wildman–Crippen LogP) is 2.61. The molecule has 0 atom stereocenters. The molecule has 0 saturated carbocycles. The average Bonchev–Trinajstić information content (AvgIpc) is 2.29. The summed E-state index contributed by atoms with van der Waals surface area (Å²) in [5.41, 5.74) is 0.651. The number of thioether (sulfide) groups is 1. The molecular weight excluding hydrogens is 232 g/mol. The topological polar surface area (TPSA) is 36.3 Å². The van der Waals surface area contributed by atoms with Crippen molar-refractivity contribution in [2.75, 3.05) is 33.0 Å². The van der Waals surface area contributed by atoms with E-state index >= 15 is 0 Å². The molecule has 0 heterocycles. The molecule has 0 radical (unpaired) electrons. The van der Waals surface area contributed by atoms with Gasteiger partial charge >= 0.3 is 0 Å². The van der Waals surface area contributed by atoms with Crippen molar-refractivity contribution in [2.24, 2.45) is 0 Å². The van der Waals surface area contributed by atoms with Crippen LogP contribution in [0.2, 0.25) is 0 Å². The molecule has 0 saturated heterocycles. The van der Waals surface area contributed by atoms with Crippen molar-refractivity contribution in [3.05, 3.63) is 23.8 Å². The lowest BCUT2D eigenvalue weighted by Crippen LogP contribution is -2.19. The van der Waals surface area contributed by atoms with Crippen LogP contribution >= 0.6 is 11.8 Å². The second-order valence-corrected chi connectivity index (χ2v) is 5.13. The summed E-state index contributed by atoms with van der Waals surface area (Å²) in [4.78, 5) is 3.05. The van der Waals surface area contributed by atoms with E-state index in [0.29, 0.717) is 17.9 Å². The van der Waals surface area contributed by atoms with Gasteiger partial charge in [-0.3, -0.25) is 0 Å². The maximum Gasteiger partial charge on any atom is 0.138 e. The normalized spacial score (nSPS) is 10.3. The Bertz CT molecular complexity index is 399. The van der Waals surface area contributed by atoms with Crippen LogP contribution in [0.25, 0.3) is 0 Å². The predicted molar refractivity (Wildman–Crippen MR) is 71.6 cm³/mol. The Balaban J connectivity index is 2.77. The number of hydrogen-bond acceptors (Lipinski definition) is 4. The van der Waals surface area contributed by atoms with Crippen molar-refractivity contribution in [1.29, 1.82) is 5.26 Å². The molecule has 0 spiro atoms. The molecule has 0 aromatic heterocycles. The number of ether oxygens (including phenoxy) is 1. The van der Waals surface area contributed by atoms with Gasteiger partial charge in [0.1, 0.15) is 24.0 Å². The Hall–Kier alpha value is -1.18. The lowest BCUT2D eigenvalue weighted by molar-refractivity contribution is 0.260. The Labute approximate surface area is 107 Å². The molecule has 3 nitrogen and oxygen atoms in total. The van der Waals surface area contributed by atoms with E-state index in [1.807, 2.05) is 32.3 Å². The molecule has 0 aliphatic carbocycles. The molecule has 1 rings (SSSR count). The van der Waals surface area contributed by atoms with Crippen LogP contribution in [0.4, 0.5) is 0 Å². The summed E-state index contributed by atoms with van der Waals surface area (Å²) in [7, 11) is 4.00. The maximum absolute atomic E-state index is 9.18. The Morgan fingerprint density at radius 2 is 2.18 bits per heavy atom. The first-order valence-electron chi connectivity index (χ1n) is 5.62. The molecule has 92 valence electrons. The van der Waals surface area contributed by atoms with Crippen LogP contribution in [0, 0.1) is 11.3 Å². The van der Waals surface area contributed by atoms with Crippen molar-refractivity contribution < 1.29 is 4.74 Å². The first kappa shape index (κ1) is 13.9. The lowest BCUT2D eigenvalue weighted by atomic mass is 10.2. The van der Waals surface area contributed by atoms with Gasteiger partial charge in [-0.05, 0) is 32.0 Å². The van der Waals surface area contributed by atoms with E-state index < -0.39 is 0 Å². The number of nitriles is 1. The summed E-state index contributed by atoms with van der Waals surface area (Å²) >= 11 is 1.67. The summed E-state index contributed by atoms with van der Waals surface area (Å²) in [5.74, 6) is 1.64. The zero-order valence-corrected chi connectivity index (χ0v) is 11.4. The van der Waals surface area contributed by atoms with E-state index in [1.54, 1.807) is 11.8 Å². The molecular formula is C13H18N2OS. The zero-order valence-electron chi connectivity index (χ0n) is 10.6. The number of benzene rings is 1. The molecule has 0 N–H and O–H groups in total. The summed E-state index contributed by atoms with van der Waals surface area (Å²) in [6.07, 6.45) is 0. The van der Waals surface area contributed by atoms with Gasteiger partial charge in [0.15, 0.2) is 0 Å². The maximum atomic E-state index is 9.18. The molecule has 0 unspecified atom stereocenters. The fourth-order valence-corrected chi connectivity index (χ4v) is 2.13. The second-order valence-electron chi connectivity index (χ2n) is 3.83. The van der Waals surface area contributed by atoms with E-state index in [4.69, 9.17) is 4.74 Å². The number of nitrogens with zero attached hydrogens (tertiary/aromatic N) is 2. The average molecular weight is 250 g/mol. The lowest BCUT2D eigenvalue weighted by Gasteiger charge is -2.13. The van der Waals surface area contributed by atoms with Crippen molar-refractivity contribution in [3.63, 3.8) is 0 Å². The van der Waals surface area contributed by atoms with E-state index in [0.717, 1.165) is 17.2 Å². The summed E-state index contributed by atoms with van der Waals surface area (Å²) in [6, 6.07) is 7.98.